The fourth-order valence-electron chi connectivity index (χ4n) is 2.71. The molecular weight excluding hydrogens is 318 g/mol. The van der Waals surface area contributed by atoms with Gasteiger partial charge in [0.25, 0.3) is 0 Å². The third-order valence-electron chi connectivity index (χ3n) is 4.04. The van der Waals surface area contributed by atoms with Crippen molar-refractivity contribution in [1.82, 2.24) is 15.2 Å². The van der Waals surface area contributed by atoms with E-state index < -0.39 is 0 Å². The zero-order chi connectivity index (χ0) is 17.5. The number of aromatic nitrogens is 1. The van der Waals surface area contributed by atoms with E-state index in [0.29, 0.717) is 32.7 Å². The first-order chi connectivity index (χ1) is 12.3. The van der Waals surface area contributed by atoms with Gasteiger partial charge in [-0.2, -0.15) is 0 Å². The van der Waals surface area contributed by atoms with E-state index in [4.69, 9.17) is 9.47 Å². The van der Waals surface area contributed by atoms with Gasteiger partial charge in [-0.1, -0.05) is 18.2 Å². The molecule has 25 heavy (non-hydrogen) atoms. The van der Waals surface area contributed by atoms with E-state index in [1.165, 1.54) is 0 Å². The molecule has 1 atom stereocenters. The zero-order valence-corrected chi connectivity index (χ0v) is 14.4. The first kappa shape index (κ1) is 17.1. The van der Waals surface area contributed by atoms with Crippen LogP contribution in [0.3, 0.4) is 0 Å². The van der Waals surface area contributed by atoms with E-state index in [9.17, 15) is 4.79 Å². The number of nitrogens with zero attached hydrogens (tertiary/aromatic N) is 2. The minimum Gasteiger partial charge on any atom is -0.486 e. The molecule has 1 aliphatic heterocycles. The van der Waals surface area contributed by atoms with Gasteiger partial charge in [-0.05, 0) is 31.2 Å². The van der Waals surface area contributed by atoms with Crippen molar-refractivity contribution in [3.63, 3.8) is 0 Å². The number of nitrogens with one attached hydrogen (secondary N) is 1. The number of amides is 2. The third kappa shape index (κ3) is 4.62. The van der Waals surface area contributed by atoms with Crippen molar-refractivity contribution in [1.29, 1.82) is 0 Å². The minimum absolute atomic E-state index is 0.0964. The number of hydrogen-bond acceptors (Lipinski definition) is 4. The lowest BCUT2D eigenvalue weighted by atomic mass is 10.2. The molecule has 132 valence electrons. The summed E-state index contributed by atoms with van der Waals surface area (Å²) < 4.78 is 11.6. The second-order valence-corrected chi connectivity index (χ2v) is 5.84. The summed E-state index contributed by atoms with van der Waals surface area (Å²) in [7, 11) is 0. The van der Waals surface area contributed by atoms with Gasteiger partial charge in [-0.3, -0.25) is 4.98 Å². The SMILES string of the molecule is CCN(C[C@@H]1COc2ccccc2O1)C(=O)NCCc1ccccn1. The highest BCUT2D eigenvalue weighted by atomic mass is 16.6. The smallest absolute Gasteiger partial charge is 0.317 e. The Morgan fingerprint density at radius 1 is 1.24 bits per heavy atom. The van der Waals surface area contributed by atoms with E-state index in [-0.39, 0.29) is 12.1 Å². The number of urea groups is 1. The lowest BCUT2D eigenvalue weighted by Gasteiger charge is -2.30. The fourth-order valence-corrected chi connectivity index (χ4v) is 2.71. The lowest BCUT2D eigenvalue weighted by molar-refractivity contribution is 0.0676. The average molecular weight is 341 g/mol. The monoisotopic (exact) mass is 341 g/mol. The molecule has 0 aliphatic carbocycles. The van der Waals surface area contributed by atoms with Crippen molar-refractivity contribution in [3.8, 4) is 11.5 Å². The van der Waals surface area contributed by atoms with Crippen LogP contribution in [-0.4, -0.2) is 48.3 Å². The van der Waals surface area contributed by atoms with Crippen LogP contribution in [0.4, 0.5) is 4.79 Å². The molecule has 1 N–H and O–H groups in total. The number of para-hydroxylation sites is 2. The number of carbonyl (C=O) groups excluding carboxylic acids is 1. The van der Waals surface area contributed by atoms with E-state index >= 15 is 0 Å². The first-order valence-corrected chi connectivity index (χ1v) is 8.57. The fraction of sp³-hybridized carbons (Fsp3) is 0.368. The van der Waals surface area contributed by atoms with E-state index in [1.807, 2.05) is 49.4 Å². The van der Waals surface area contributed by atoms with Gasteiger partial charge in [0.05, 0.1) is 6.54 Å². The van der Waals surface area contributed by atoms with Gasteiger partial charge in [0.15, 0.2) is 17.6 Å². The Bertz CT molecular complexity index is 693. The molecule has 6 heteroatoms. The van der Waals surface area contributed by atoms with E-state index in [2.05, 4.69) is 10.3 Å². The van der Waals surface area contributed by atoms with Crippen LogP contribution in [0.15, 0.2) is 48.7 Å². The van der Waals surface area contributed by atoms with Crippen molar-refractivity contribution in [2.75, 3.05) is 26.2 Å². The standard InChI is InChI=1S/C19H23N3O3/c1-2-22(19(23)21-12-10-15-7-5-6-11-20-15)13-16-14-24-17-8-3-4-9-18(17)25-16/h3-9,11,16H,2,10,12-14H2,1H3,(H,21,23)/t16-/m1/s1. The lowest BCUT2D eigenvalue weighted by Crippen LogP contribution is -2.47. The second kappa shape index (κ2) is 8.37. The Hall–Kier alpha value is -2.76. The van der Waals surface area contributed by atoms with Crippen LogP contribution in [0.2, 0.25) is 0 Å². The van der Waals surface area contributed by atoms with E-state index in [1.54, 1.807) is 11.1 Å². The number of benzene rings is 1. The van der Waals surface area contributed by atoms with Gasteiger partial charge in [0.1, 0.15) is 6.61 Å². The highest BCUT2D eigenvalue weighted by molar-refractivity contribution is 5.74. The van der Waals surface area contributed by atoms with Gasteiger partial charge >= 0.3 is 6.03 Å². The quantitative estimate of drug-likeness (QED) is 0.877. The summed E-state index contributed by atoms with van der Waals surface area (Å²) in [6.45, 7) is 4.04. The second-order valence-electron chi connectivity index (χ2n) is 5.84. The molecule has 0 bridgehead atoms. The topological polar surface area (TPSA) is 63.7 Å². The molecule has 6 nitrogen and oxygen atoms in total. The molecule has 0 unspecified atom stereocenters. The Kier molecular flexibility index (Phi) is 5.72. The first-order valence-electron chi connectivity index (χ1n) is 8.57. The number of ether oxygens (including phenoxy) is 2. The van der Waals surface area contributed by atoms with Gasteiger partial charge in [-0.25, -0.2) is 4.79 Å². The summed E-state index contributed by atoms with van der Waals surface area (Å²) >= 11 is 0. The number of hydrogen-bond donors (Lipinski definition) is 1. The van der Waals surface area contributed by atoms with E-state index in [0.717, 1.165) is 17.2 Å². The molecule has 0 spiro atoms. The summed E-state index contributed by atoms with van der Waals surface area (Å²) in [5.74, 6) is 1.48. The Morgan fingerprint density at radius 2 is 2.04 bits per heavy atom. The molecular formula is C19H23N3O3. The van der Waals surface area contributed by atoms with Gasteiger partial charge in [0, 0.05) is 31.4 Å². The van der Waals surface area contributed by atoms with Crippen LogP contribution < -0.4 is 14.8 Å². The van der Waals surface area contributed by atoms with Gasteiger partial charge in [-0.15, -0.1) is 0 Å². The predicted molar refractivity (Wildman–Crippen MR) is 94.9 cm³/mol. The molecule has 1 aromatic heterocycles. The normalized spacial score (nSPS) is 15.5. The maximum atomic E-state index is 12.4. The highest BCUT2D eigenvalue weighted by Crippen LogP contribution is 2.30. The maximum absolute atomic E-state index is 12.4. The largest absolute Gasteiger partial charge is 0.486 e. The van der Waals surface area contributed by atoms with Crippen molar-refractivity contribution in [3.05, 3.63) is 54.4 Å². The number of pyridine rings is 1. The number of rotatable bonds is 6. The molecule has 0 saturated carbocycles. The number of fused-ring (bicyclic) bond motifs is 1. The predicted octanol–water partition coefficient (Wildman–Crippen LogP) is 2.50. The van der Waals surface area contributed by atoms with Crippen molar-refractivity contribution >= 4 is 6.03 Å². The van der Waals surface area contributed by atoms with Crippen LogP contribution in [-0.2, 0) is 6.42 Å². The summed E-state index contributed by atoms with van der Waals surface area (Å²) in [5, 5.41) is 2.94. The molecule has 2 amide bonds. The van der Waals surface area contributed by atoms with Gasteiger partial charge in [0.2, 0.25) is 0 Å². The Labute approximate surface area is 147 Å². The van der Waals surface area contributed by atoms with Crippen LogP contribution in [0.5, 0.6) is 11.5 Å². The number of likely N-dealkylation sites (N-methyl/N-ethyl adjacent to an activating group) is 1. The summed E-state index contributed by atoms with van der Waals surface area (Å²) in [5.41, 5.74) is 0.964. The average Bonchev–Trinajstić information content (AvgIpc) is 2.66. The molecule has 1 aliphatic rings. The molecule has 0 fully saturated rings. The molecule has 0 radical (unpaired) electrons. The third-order valence-corrected chi connectivity index (χ3v) is 4.04. The van der Waals surface area contributed by atoms with Crippen molar-refractivity contribution < 1.29 is 14.3 Å². The van der Waals surface area contributed by atoms with Crippen LogP contribution in [0, 0.1) is 0 Å². The Balaban J connectivity index is 1.48. The van der Waals surface area contributed by atoms with Crippen LogP contribution in [0.25, 0.3) is 0 Å². The summed E-state index contributed by atoms with van der Waals surface area (Å²) in [6.07, 6.45) is 2.30. The zero-order valence-electron chi connectivity index (χ0n) is 14.4. The van der Waals surface area contributed by atoms with Crippen molar-refractivity contribution in [2.24, 2.45) is 0 Å². The molecule has 3 rings (SSSR count). The Morgan fingerprint density at radius 3 is 2.80 bits per heavy atom. The van der Waals surface area contributed by atoms with Crippen LogP contribution in [0.1, 0.15) is 12.6 Å². The summed E-state index contributed by atoms with van der Waals surface area (Å²) in [6, 6.07) is 13.3. The minimum atomic E-state index is -0.170. The molecule has 2 heterocycles. The van der Waals surface area contributed by atoms with Crippen LogP contribution >= 0.6 is 0 Å². The maximum Gasteiger partial charge on any atom is 0.317 e. The number of carbonyl (C=O) groups is 1. The summed E-state index contributed by atoms with van der Waals surface area (Å²) in [4.78, 5) is 18.4. The highest BCUT2D eigenvalue weighted by Gasteiger charge is 2.24. The van der Waals surface area contributed by atoms with Gasteiger partial charge < -0.3 is 19.7 Å². The molecule has 1 aromatic carbocycles. The van der Waals surface area contributed by atoms with Crippen molar-refractivity contribution in [2.45, 2.75) is 19.4 Å². The molecule has 2 aromatic rings. The molecule has 0 saturated heterocycles.